The van der Waals surface area contributed by atoms with E-state index in [1.54, 1.807) is 6.07 Å². The molecule has 2 aromatic heterocycles. The van der Waals surface area contributed by atoms with Crippen LogP contribution in [0.25, 0.3) is 20.7 Å². The molecule has 2 aromatic carbocycles. The van der Waals surface area contributed by atoms with Crippen molar-refractivity contribution in [2.24, 2.45) is 0 Å². The minimum Gasteiger partial charge on any atom is -0.496 e. The fourth-order valence-corrected chi connectivity index (χ4v) is 3.87. The minimum atomic E-state index is -0.371. The zero-order valence-corrected chi connectivity index (χ0v) is 14.8. The summed E-state index contributed by atoms with van der Waals surface area (Å²) in [5, 5.41) is 0.562. The molecule has 0 spiro atoms. The van der Waals surface area contributed by atoms with Crippen molar-refractivity contribution in [3.63, 3.8) is 0 Å². The second kappa shape index (κ2) is 6.72. The van der Waals surface area contributed by atoms with E-state index in [1.165, 1.54) is 41.5 Å². The smallest absolute Gasteiger partial charge is 0.262 e. The number of halogens is 1. The van der Waals surface area contributed by atoms with Gasteiger partial charge >= 0.3 is 0 Å². The fraction of sp³-hybridized carbons (Fsp3) is 0.100. The zero-order valence-electron chi connectivity index (χ0n) is 14.0. The van der Waals surface area contributed by atoms with E-state index in [1.807, 2.05) is 36.4 Å². The van der Waals surface area contributed by atoms with Crippen LogP contribution in [0.4, 0.5) is 4.39 Å². The molecule has 0 aliphatic rings. The molecule has 0 aliphatic carbocycles. The molecular formula is C20H15FN2O2S. The van der Waals surface area contributed by atoms with Crippen molar-refractivity contribution >= 4 is 21.6 Å². The van der Waals surface area contributed by atoms with Gasteiger partial charge in [-0.25, -0.2) is 9.37 Å². The lowest BCUT2D eigenvalue weighted by Gasteiger charge is -2.10. The SMILES string of the molecule is COc1ccc(F)cc1Cn1cnc2sc(-c3ccccc3)cc2c1=O. The fourth-order valence-electron chi connectivity index (χ4n) is 2.87. The standard InChI is InChI=1S/C20H15FN2O2S/c1-25-17-8-7-15(21)9-14(17)11-23-12-22-19-16(20(23)24)10-18(26-19)13-5-3-2-4-6-13/h2-10,12H,11H2,1H3. The van der Waals surface area contributed by atoms with Crippen LogP contribution in [0, 0.1) is 5.82 Å². The van der Waals surface area contributed by atoms with Crippen LogP contribution in [-0.2, 0) is 6.54 Å². The first-order valence-electron chi connectivity index (χ1n) is 8.02. The molecule has 4 rings (SSSR count). The molecule has 0 bridgehead atoms. The Morgan fingerprint density at radius 3 is 2.73 bits per heavy atom. The Balaban J connectivity index is 1.77. The van der Waals surface area contributed by atoms with Crippen molar-refractivity contribution in [2.75, 3.05) is 7.11 Å². The number of hydrogen-bond donors (Lipinski definition) is 0. The highest BCUT2D eigenvalue weighted by Gasteiger charge is 2.12. The zero-order chi connectivity index (χ0) is 18.1. The summed E-state index contributed by atoms with van der Waals surface area (Å²) in [6, 6.07) is 16.0. The highest BCUT2D eigenvalue weighted by atomic mass is 32.1. The third kappa shape index (κ3) is 2.99. The number of hydrogen-bond acceptors (Lipinski definition) is 4. The number of fused-ring (bicyclic) bond motifs is 1. The first-order chi connectivity index (χ1) is 12.7. The minimum absolute atomic E-state index is 0.153. The molecular weight excluding hydrogens is 351 g/mol. The van der Waals surface area contributed by atoms with Crippen LogP contribution in [-0.4, -0.2) is 16.7 Å². The van der Waals surface area contributed by atoms with E-state index in [9.17, 15) is 9.18 Å². The molecule has 130 valence electrons. The van der Waals surface area contributed by atoms with E-state index in [0.29, 0.717) is 21.5 Å². The van der Waals surface area contributed by atoms with E-state index >= 15 is 0 Å². The van der Waals surface area contributed by atoms with Gasteiger partial charge in [0.05, 0.1) is 25.4 Å². The van der Waals surface area contributed by atoms with E-state index < -0.39 is 0 Å². The van der Waals surface area contributed by atoms with Gasteiger partial charge in [-0.05, 0) is 29.8 Å². The van der Waals surface area contributed by atoms with Crippen molar-refractivity contribution in [1.29, 1.82) is 0 Å². The van der Waals surface area contributed by atoms with Crippen LogP contribution in [0.5, 0.6) is 5.75 Å². The normalized spacial score (nSPS) is 11.0. The molecule has 0 amide bonds. The lowest BCUT2D eigenvalue weighted by atomic mass is 10.2. The van der Waals surface area contributed by atoms with Crippen molar-refractivity contribution in [3.8, 4) is 16.2 Å². The third-order valence-corrected chi connectivity index (χ3v) is 5.25. The first-order valence-corrected chi connectivity index (χ1v) is 8.84. The topological polar surface area (TPSA) is 44.1 Å². The van der Waals surface area contributed by atoms with E-state index in [4.69, 9.17) is 4.74 Å². The van der Waals surface area contributed by atoms with Gasteiger partial charge in [-0.15, -0.1) is 11.3 Å². The summed E-state index contributed by atoms with van der Waals surface area (Å²) >= 11 is 1.48. The van der Waals surface area contributed by atoms with Crippen LogP contribution in [0.1, 0.15) is 5.56 Å². The third-order valence-electron chi connectivity index (χ3n) is 4.16. The van der Waals surface area contributed by atoms with Gasteiger partial charge in [0.15, 0.2) is 0 Å². The first kappa shape index (κ1) is 16.5. The number of ether oxygens (including phenoxy) is 1. The van der Waals surface area contributed by atoms with Crippen LogP contribution < -0.4 is 10.3 Å². The average molecular weight is 366 g/mol. The highest BCUT2D eigenvalue weighted by Crippen LogP contribution is 2.30. The number of benzene rings is 2. The van der Waals surface area contributed by atoms with E-state index in [2.05, 4.69) is 4.98 Å². The van der Waals surface area contributed by atoms with E-state index in [-0.39, 0.29) is 17.9 Å². The maximum atomic E-state index is 13.6. The molecule has 0 radical (unpaired) electrons. The number of rotatable bonds is 4. The molecule has 0 unspecified atom stereocenters. The van der Waals surface area contributed by atoms with Crippen molar-refractivity contribution < 1.29 is 9.13 Å². The van der Waals surface area contributed by atoms with E-state index in [0.717, 1.165) is 10.4 Å². The number of methoxy groups -OCH3 is 1. The molecule has 0 N–H and O–H groups in total. The molecule has 4 aromatic rings. The largest absolute Gasteiger partial charge is 0.496 e. The second-order valence-electron chi connectivity index (χ2n) is 5.83. The van der Waals surface area contributed by atoms with Crippen molar-refractivity contribution in [1.82, 2.24) is 9.55 Å². The Hall–Kier alpha value is -2.99. The maximum Gasteiger partial charge on any atom is 0.262 e. The second-order valence-corrected chi connectivity index (χ2v) is 6.86. The molecule has 2 heterocycles. The van der Waals surface area contributed by atoms with Crippen LogP contribution >= 0.6 is 11.3 Å². The van der Waals surface area contributed by atoms with Crippen LogP contribution in [0.15, 0.2) is 65.7 Å². The number of nitrogens with zero attached hydrogens (tertiary/aromatic N) is 2. The molecule has 26 heavy (non-hydrogen) atoms. The quantitative estimate of drug-likeness (QED) is 0.540. The predicted molar refractivity (Wildman–Crippen MR) is 101 cm³/mol. The Bertz CT molecular complexity index is 1140. The molecule has 0 saturated heterocycles. The maximum absolute atomic E-state index is 13.6. The summed E-state index contributed by atoms with van der Waals surface area (Å²) in [5.41, 5.74) is 1.49. The van der Waals surface area contributed by atoms with Gasteiger partial charge in [-0.2, -0.15) is 0 Å². The molecule has 0 atom stereocenters. The predicted octanol–water partition coefficient (Wildman–Crippen LogP) is 4.32. The molecule has 0 fully saturated rings. The highest BCUT2D eigenvalue weighted by molar-refractivity contribution is 7.21. The van der Waals surface area contributed by atoms with Crippen LogP contribution in [0.3, 0.4) is 0 Å². The van der Waals surface area contributed by atoms with Gasteiger partial charge < -0.3 is 4.74 Å². The summed E-state index contributed by atoms with van der Waals surface area (Å²) in [7, 11) is 1.52. The van der Waals surface area contributed by atoms with Crippen molar-refractivity contribution in [2.45, 2.75) is 6.54 Å². The number of aromatic nitrogens is 2. The van der Waals surface area contributed by atoms with Crippen molar-refractivity contribution in [3.05, 3.63) is 82.7 Å². The lowest BCUT2D eigenvalue weighted by molar-refractivity contribution is 0.406. The summed E-state index contributed by atoms with van der Waals surface area (Å²) < 4.78 is 20.3. The summed E-state index contributed by atoms with van der Waals surface area (Å²) in [5.74, 6) is 0.165. The van der Waals surface area contributed by atoms with Gasteiger partial charge in [0.25, 0.3) is 5.56 Å². The van der Waals surface area contributed by atoms with Gasteiger partial charge in [0.2, 0.25) is 0 Å². The molecule has 0 saturated carbocycles. The summed E-state index contributed by atoms with van der Waals surface area (Å²) in [6.45, 7) is 0.194. The average Bonchev–Trinajstić information content (AvgIpc) is 3.10. The van der Waals surface area contributed by atoms with Crippen LogP contribution in [0.2, 0.25) is 0 Å². The number of thiophene rings is 1. The Morgan fingerprint density at radius 2 is 1.96 bits per heavy atom. The van der Waals surface area contributed by atoms with Gasteiger partial charge in [0.1, 0.15) is 16.4 Å². The molecule has 6 heteroatoms. The molecule has 4 nitrogen and oxygen atoms in total. The van der Waals surface area contributed by atoms with Gasteiger partial charge in [-0.3, -0.25) is 9.36 Å². The summed E-state index contributed by atoms with van der Waals surface area (Å²) in [4.78, 5) is 18.9. The van der Waals surface area contributed by atoms with Gasteiger partial charge in [0, 0.05) is 10.4 Å². The monoisotopic (exact) mass is 366 g/mol. The molecule has 0 aliphatic heterocycles. The Labute approximate surface area is 153 Å². The summed E-state index contributed by atoms with van der Waals surface area (Å²) in [6.07, 6.45) is 1.50. The lowest BCUT2D eigenvalue weighted by Crippen LogP contribution is -2.20. The van der Waals surface area contributed by atoms with Gasteiger partial charge in [-0.1, -0.05) is 30.3 Å². The Kier molecular flexibility index (Phi) is 4.26. The Morgan fingerprint density at radius 1 is 1.15 bits per heavy atom.